The summed E-state index contributed by atoms with van der Waals surface area (Å²) in [5, 5.41) is 11.4. The molecule has 16 heavy (non-hydrogen) atoms. The molecule has 1 aromatic rings. The summed E-state index contributed by atoms with van der Waals surface area (Å²) in [7, 11) is 3.94. The standard InChI is InChI=1S/C9H15N5O2/c1-14(2)4-3-10-9-11-5-7(6-12-9)8(15)13-16/h5-6,16H,3-4H2,1-2H3,(H,13,15)(H,10,11,12). The molecule has 0 spiro atoms. The van der Waals surface area contributed by atoms with E-state index < -0.39 is 5.91 Å². The first-order valence-corrected chi connectivity index (χ1v) is 4.78. The van der Waals surface area contributed by atoms with E-state index in [1.165, 1.54) is 17.9 Å². The van der Waals surface area contributed by atoms with Crippen LogP contribution < -0.4 is 10.8 Å². The van der Waals surface area contributed by atoms with Crippen molar-refractivity contribution in [2.24, 2.45) is 0 Å². The molecule has 7 nitrogen and oxygen atoms in total. The lowest BCUT2D eigenvalue weighted by Crippen LogP contribution is -2.22. The third kappa shape index (κ3) is 3.79. The van der Waals surface area contributed by atoms with Gasteiger partial charge in [-0.05, 0) is 14.1 Å². The van der Waals surface area contributed by atoms with Crippen LogP contribution in [0.1, 0.15) is 10.4 Å². The molecule has 0 aliphatic carbocycles. The van der Waals surface area contributed by atoms with Gasteiger partial charge in [-0.25, -0.2) is 15.4 Å². The normalized spacial score (nSPS) is 10.2. The van der Waals surface area contributed by atoms with Crippen molar-refractivity contribution < 1.29 is 10.0 Å². The van der Waals surface area contributed by atoms with Gasteiger partial charge in [-0.2, -0.15) is 0 Å². The number of anilines is 1. The maximum absolute atomic E-state index is 11.0. The van der Waals surface area contributed by atoms with Crippen molar-refractivity contribution in [1.82, 2.24) is 20.3 Å². The number of nitrogens with one attached hydrogen (secondary N) is 2. The molecule has 0 aliphatic rings. The van der Waals surface area contributed by atoms with Crippen LogP contribution in [0.3, 0.4) is 0 Å². The Bertz CT molecular complexity index is 338. The SMILES string of the molecule is CN(C)CCNc1ncc(C(=O)NO)cn1. The third-order valence-corrected chi connectivity index (χ3v) is 1.86. The maximum atomic E-state index is 11.0. The minimum atomic E-state index is -0.625. The van der Waals surface area contributed by atoms with Crippen LogP contribution in [0, 0.1) is 0 Å². The van der Waals surface area contributed by atoms with Crippen molar-refractivity contribution in [2.45, 2.75) is 0 Å². The van der Waals surface area contributed by atoms with Crippen LogP contribution in [0.2, 0.25) is 0 Å². The Morgan fingerprint density at radius 1 is 1.44 bits per heavy atom. The topological polar surface area (TPSA) is 90.4 Å². The molecule has 0 unspecified atom stereocenters. The van der Waals surface area contributed by atoms with Gasteiger partial charge in [-0.3, -0.25) is 10.0 Å². The van der Waals surface area contributed by atoms with E-state index in [4.69, 9.17) is 5.21 Å². The molecular formula is C9H15N5O2. The van der Waals surface area contributed by atoms with E-state index in [0.717, 1.165) is 13.1 Å². The number of carbonyl (C=O) groups is 1. The Balaban J connectivity index is 2.48. The number of aromatic nitrogens is 2. The van der Waals surface area contributed by atoms with E-state index >= 15 is 0 Å². The second-order valence-electron chi connectivity index (χ2n) is 3.47. The van der Waals surface area contributed by atoms with Crippen LogP contribution in [0.25, 0.3) is 0 Å². The van der Waals surface area contributed by atoms with Crippen molar-refractivity contribution in [1.29, 1.82) is 0 Å². The van der Waals surface area contributed by atoms with Gasteiger partial charge in [-0.1, -0.05) is 0 Å². The average molecular weight is 225 g/mol. The lowest BCUT2D eigenvalue weighted by molar-refractivity contribution is 0.0705. The second-order valence-corrected chi connectivity index (χ2v) is 3.47. The van der Waals surface area contributed by atoms with Crippen molar-refractivity contribution in [3.8, 4) is 0 Å². The fourth-order valence-corrected chi connectivity index (χ4v) is 0.992. The van der Waals surface area contributed by atoms with E-state index in [1.807, 2.05) is 19.0 Å². The molecule has 0 radical (unpaired) electrons. The predicted octanol–water partition coefficient (Wildman–Crippen LogP) is -0.431. The highest BCUT2D eigenvalue weighted by Crippen LogP contribution is 1.99. The zero-order valence-electron chi connectivity index (χ0n) is 9.27. The Kier molecular flexibility index (Phi) is 4.62. The van der Waals surface area contributed by atoms with Crippen LogP contribution in [0.5, 0.6) is 0 Å². The summed E-state index contributed by atoms with van der Waals surface area (Å²) >= 11 is 0. The molecule has 7 heteroatoms. The van der Waals surface area contributed by atoms with Gasteiger partial charge >= 0.3 is 0 Å². The Labute approximate surface area is 93.5 Å². The number of nitrogens with zero attached hydrogens (tertiary/aromatic N) is 3. The van der Waals surface area contributed by atoms with Crippen molar-refractivity contribution in [3.63, 3.8) is 0 Å². The minimum Gasteiger partial charge on any atom is -0.353 e. The largest absolute Gasteiger partial charge is 0.353 e. The van der Waals surface area contributed by atoms with Crippen LogP contribution in [0.4, 0.5) is 5.95 Å². The van der Waals surface area contributed by atoms with Crippen LogP contribution in [0.15, 0.2) is 12.4 Å². The lowest BCUT2D eigenvalue weighted by Gasteiger charge is -2.10. The number of amides is 1. The molecular weight excluding hydrogens is 210 g/mol. The molecule has 1 rings (SSSR count). The van der Waals surface area contributed by atoms with Gasteiger partial charge in [0, 0.05) is 25.5 Å². The van der Waals surface area contributed by atoms with Crippen molar-refractivity contribution >= 4 is 11.9 Å². The highest BCUT2D eigenvalue weighted by Gasteiger charge is 2.04. The Morgan fingerprint density at radius 3 is 2.56 bits per heavy atom. The molecule has 1 aromatic heterocycles. The van der Waals surface area contributed by atoms with E-state index in [9.17, 15) is 4.79 Å². The number of rotatable bonds is 5. The van der Waals surface area contributed by atoms with Crippen molar-refractivity contribution in [2.75, 3.05) is 32.5 Å². The van der Waals surface area contributed by atoms with Crippen LogP contribution in [-0.2, 0) is 0 Å². The summed E-state index contributed by atoms with van der Waals surface area (Å²) in [6.45, 7) is 1.58. The number of carbonyl (C=O) groups excluding carboxylic acids is 1. The van der Waals surface area contributed by atoms with Gasteiger partial charge in [0.1, 0.15) is 0 Å². The highest BCUT2D eigenvalue weighted by molar-refractivity contribution is 5.92. The molecule has 0 fully saturated rings. The lowest BCUT2D eigenvalue weighted by atomic mass is 10.3. The van der Waals surface area contributed by atoms with Gasteiger partial charge in [0.15, 0.2) is 0 Å². The Hall–Kier alpha value is -1.73. The predicted molar refractivity (Wildman–Crippen MR) is 58.3 cm³/mol. The van der Waals surface area contributed by atoms with Gasteiger partial charge in [-0.15, -0.1) is 0 Å². The van der Waals surface area contributed by atoms with Gasteiger partial charge in [0.2, 0.25) is 5.95 Å². The number of likely N-dealkylation sites (N-methyl/N-ethyl adjacent to an activating group) is 1. The summed E-state index contributed by atoms with van der Waals surface area (Å²) in [5.74, 6) is -0.170. The van der Waals surface area contributed by atoms with Gasteiger partial charge in [0.25, 0.3) is 5.91 Å². The molecule has 1 amide bonds. The first kappa shape index (κ1) is 12.3. The van der Waals surface area contributed by atoms with E-state index in [1.54, 1.807) is 0 Å². The molecule has 0 saturated carbocycles. The molecule has 1 heterocycles. The number of hydrogen-bond acceptors (Lipinski definition) is 6. The summed E-state index contributed by atoms with van der Waals surface area (Å²) in [6, 6.07) is 0. The summed E-state index contributed by atoms with van der Waals surface area (Å²) < 4.78 is 0. The van der Waals surface area contributed by atoms with E-state index in [0.29, 0.717) is 5.95 Å². The fourth-order valence-electron chi connectivity index (χ4n) is 0.992. The number of hydrogen-bond donors (Lipinski definition) is 3. The molecule has 0 bridgehead atoms. The minimum absolute atomic E-state index is 0.209. The third-order valence-electron chi connectivity index (χ3n) is 1.86. The van der Waals surface area contributed by atoms with Crippen LogP contribution >= 0.6 is 0 Å². The Morgan fingerprint density at radius 2 is 2.06 bits per heavy atom. The van der Waals surface area contributed by atoms with Crippen LogP contribution in [-0.4, -0.2) is 53.2 Å². The molecule has 0 saturated heterocycles. The fraction of sp³-hybridized carbons (Fsp3) is 0.444. The molecule has 88 valence electrons. The van der Waals surface area contributed by atoms with Gasteiger partial charge < -0.3 is 10.2 Å². The maximum Gasteiger partial charge on any atom is 0.277 e. The molecule has 0 aromatic carbocycles. The first-order valence-electron chi connectivity index (χ1n) is 4.78. The van der Waals surface area contributed by atoms with Crippen molar-refractivity contribution in [3.05, 3.63) is 18.0 Å². The zero-order chi connectivity index (χ0) is 12.0. The summed E-state index contributed by atoms with van der Waals surface area (Å²) in [4.78, 5) is 20.9. The smallest absolute Gasteiger partial charge is 0.277 e. The second kappa shape index (κ2) is 5.99. The van der Waals surface area contributed by atoms with Gasteiger partial charge in [0.05, 0.1) is 5.56 Å². The van der Waals surface area contributed by atoms with E-state index in [-0.39, 0.29) is 5.56 Å². The first-order chi connectivity index (χ1) is 7.63. The van der Waals surface area contributed by atoms with E-state index in [2.05, 4.69) is 15.3 Å². The monoisotopic (exact) mass is 225 g/mol. The molecule has 0 atom stereocenters. The summed E-state index contributed by atoms with van der Waals surface area (Å²) in [6.07, 6.45) is 2.69. The number of hydroxylamine groups is 1. The highest BCUT2D eigenvalue weighted by atomic mass is 16.5. The summed E-state index contributed by atoms with van der Waals surface area (Å²) in [5.41, 5.74) is 1.72. The zero-order valence-corrected chi connectivity index (χ0v) is 9.27. The molecule has 0 aliphatic heterocycles. The molecule has 3 N–H and O–H groups in total. The average Bonchev–Trinajstić information content (AvgIpc) is 2.28. The quantitative estimate of drug-likeness (QED) is 0.465.